The molecule has 0 amide bonds. The van der Waals surface area contributed by atoms with Crippen LogP contribution >= 0.6 is 0 Å². The highest BCUT2D eigenvalue weighted by Gasteiger charge is 2.00. The highest BCUT2D eigenvalue weighted by atomic mass is 15.4. The third-order valence-corrected chi connectivity index (χ3v) is 1.50. The van der Waals surface area contributed by atoms with Crippen molar-refractivity contribution in [1.29, 1.82) is 0 Å². The number of nitrogens with zero attached hydrogens (tertiary/aromatic N) is 1. The van der Waals surface area contributed by atoms with Crippen molar-refractivity contribution in [3.8, 4) is 0 Å². The van der Waals surface area contributed by atoms with E-state index in [0.29, 0.717) is 5.92 Å². The van der Waals surface area contributed by atoms with Crippen LogP contribution in [-0.2, 0) is 0 Å². The number of rotatable bonds is 3. The number of nitrogens with one attached hydrogen (secondary N) is 1. The Morgan fingerprint density at radius 1 is 1.50 bits per heavy atom. The summed E-state index contributed by atoms with van der Waals surface area (Å²) < 4.78 is 0. The summed E-state index contributed by atoms with van der Waals surface area (Å²) in [6, 6.07) is 0. The average Bonchev–Trinajstić information content (AvgIpc) is 2.05. The summed E-state index contributed by atoms with van der Waals surface area (Å²) in [5.74, 6) is 0.362. The van der Waals surface area contributed by atoms with Crippen LogP contribution in [0.15, 0.2) is 29.4 Å². The van der Waals surface area contributed by atoms with E-state index in [1.165, 1.54) is 0 Å². The molecular weight excluding hydrogens is 152 g/mol. The smallest absolute Gasteiger partial charge is 0.142 e. The normalized spacial score (nSPS) is 22.4. The molecule has 66 valence electrons. The van der Waals surface area contributed by atoms with Gasteiger partial charge in [-0.25, -0.2) is 0 Å². The van der Waals surface area contributed by atoms with E-state index in [9.17, 15) is 0 Å². The fraction of sp³-hybridized carbons (Fsp3) is 0.375. The molecule has 1 aliphatic rings. The van der Waals surface area contributed by atoms with Crippen molar-refractivity contribution in [2.75, 3.05) is 0 Å². The van der Waals surface area contributed by atoms with Gasteiger partial charge in [-0.05, 0) is 6.42 Å². The molecule has 0 aliphatic heterocycles. The van der Waals surface area contributed by atoms with E-state index in [0.717, 1.165) is 6.42 Å². The van der Waals surface area contributed by atoms with E-state index >= 15 is 0 Å². The van der Waals surface area contributed by atoms with Crippen LogP contribution in [0.25, 0.3) is 0 Å². The predicted molar refractivity (Wildman–Crippen MR) is 50.2 cm³/mol. The molecule has 0 fully saturated rings. The molecule has 0 heterocycles. The number of hydrogen-bond donors (Lipinski definition) is 3. The minimum absolute atomic E-state index is 0.362. The lowest BCUT2D eigenvalue weighted by molar-refractivity contribution is 0.569. The summed E-state index contributed by atoms with van der Waals surface area (Å²) in [4.78, 5) is 0. The molecule has 0 unspecified atom stereocenters. The van der Waals surface area contributed by atoms with Crippen molar-refractivity contribution in [2.45, 2.75) is 12.7 Å². The van der Waals surface area contributed by atoms with Crippen LogP contribution in [0.1, 0.15) is 6.42 Å². The molecule has 4 heteroatoms. The molecule has 0 aromatic rings. The number of allylic oxidation sites excluding steroid dienone is 4. The first-order valence-electron chi connectivity index (χ1n) is 3.92. The van der Waals surface area contributed by atoms with Gasteiger partial charge in [0.1, 0.15) is 6.29 Å². The SMILES string of the molecule is NC(N)N/N=C/[C@@H]1C=CC=CC1. The maximum Gasteiger partial charge on any atom is 0.142 e. The first-order chi connectivity index (χ1) is 5.79. The zero-order valence-corrected chi connectivity index (χ0v) is 6.85. The van der Waals surface area contributed by atoms with E-state index in [1.54, 1.807) is 6.21 Å². The molecule has 0 saturated carbocycles. The van der Waals surface area contributed by atoms with Gasteiger partial charge < -0.3 is 0 Å². The molecule has 0 bridgehead atoms. The summed E-state index contributed by atoms with van der Waals surface area (Å²) in [5.41, 5.74) is 13.0. The van der Waals surface area contributed by atoms with Gasteiger partial charge in [0.15, 0.2) is 0 Å². The molecule has 0 saturated heterocycles. The van der Waals surface area contributed by atoms with Crippen LogP contribution in [0.2, 0.25) is 0 Å². The Kier molecular flexibility index (Phi) is 3.50. The lowest BCUT2D eigenvalue weighted by Gasteiger charge is -2.07. The second-order valence-electron chi connectivity index (χ2n) is 2.65. The summed E-state index contributed by atoms with van der Waals surface area (Å²) in [7, 11) is 0. The molecule has 1 aliphatic carbocycles. The summed E-state index contributed by atoms with van der Waals surface area (Å²) in [6.45, 7) is 0. The van der Waals surface area contributed by atoms with Crippen molar-refractivity contribution in [3.05, 3.63) is 24.3 Å². The van der Waals surface area contributed by atoms with Crippen molar-refractivity contribution in [3.63, 3.8) is 0 Å². The lowest BCUT2D eigenvalue weighted by atomic mass is 10.0. The summed E-state index contributed by atoms with van der Waals surface area (Å²) >= 11 is 0. The lowest BCUT2D eigenvalue weighted by Crippen LogP contribution is -2.42. The molecular formula is C8H14N4. The van der Waals surface area contributed by atoms with E-state index in [4.69, 9.17) is 11.5 Å². The standard InChI is InChI=1S/C8H14N4/c9-8(10)12-11-6-7-4-2-1-3-5-7/h1-4,6-8,12H,5,9-10H2/b11-6+/t7-/m1/s1. The molecule has 0 aromatic carbocycles. The Morgan fingerprint density at radius 2 is 2.33 bits per heavy atom. The Labute approximate surface area is 72.0 Å². The van der Waals surface area contributed by atoms with Crippen molar-refractivity contribution in [2.24, 2.45) is 22.5 Å². The van der Waals surface area contributed by atoms with Crippen molar-refractivity contribution in [1.82, 2.24) is 5.43 Å². The fourth-order valence-corrected chi connectivity index (χ4v) is 0.935. The third-order valence-electron chi connectivity index (χ3n) is 1.50. The summed E-state index contributed by atoms with van der Waals surface area (Å²) in [5, 5.41) is 3.88. The van der Waals surface area contributed by atoms with Crippen molar-refractivity contribution >= 4 is 6.21 Å². The molecule has 0 aromatic heterocycles. The molecule has 1 atom stereocenters. The molecule has 12 heavy (non-hydrogen) atoms. The van der Waals surface area contributed by atoms with Gasteiger partial charge in [0.25, 0.3) is 0 Å². The van der Waals surface area contributed by atoms with Crippen LogP contribution in [-0.4, -0.2) is 12.5 Å². The maximum absolute atomic E-state index is 5.23. The van der Waals surface area contributed by atoms with Gasteiger partial charge in [-0.15, -0.1) is 0 Å². The van der Waals surface area contributed by atoms with Gasteiger partial charge in [0.05, 0.1) is 0 Å². The summed E-state index contributed by atoms with van der Waals surface area (Å²) in [6.07, 6.45) is 10.4. The fourth-order valence-electron chi connectivity index (χ4n) is 0.935. The minimum Gasteiger partial charge on any atom is -0.298 e. The highest BCUT2D eigenvalue weighted by Crippen LogP contribution is 2.07. The van der Waals surface area contributed by atoms with Crippen molar-refractivity contribution < 1.29 is 0 Å². The number of hydrogen-bond acceptors (Lipinski definition) is 4. The first-order valence-corrected chi connectivity index (χ1v) is 3.92. The molecule has 0 radical (unpaired) electrons. The molecule has 4 nitrogen and oxygen atoms in total. The third kappa shape index (κ3) is 3.32. The Balaban J connectivity index is 2.26. The maximum atomic E-state index is 5.23. The zero-order chi connectivity index (χ0) is 8.81. The Hall–Kier alpha value is -1.13. The van der Waals surface area contributed by atoms with Gasteiger partial charge in [-0.3, -0.25) is 16.9 Å². The van der Waals surface area contributed by atoms with Gasteiger partial charge in [-0.2, -0.15) is 5.10 Å². The van der Waals surface area contributed by atoms with Gasteiger partial charge in [-0.1, -0.05) is 24.3 Å². The van der Waals surface area contributed by atoms with E-state index in [-0.39, 0.29) is 0 Å². The van der Waals surface area contributed by atoms with Crippen LogP contribution in [0.5, 0.6) is 0 Å². The quantitative estimate of drug-likeness (QED) is 0.311. The number of hydrazone groups is 1. The number of nitrogens with two attached hydrogens (primary N) is 2. The monoisotopic (exact) mass is 166 g/mol. The Bertz CT molecular complexity index is 205. The zero-order valence-electron chi connectivity index (χ0n) is 6.85. The molecule has 0 spiro atoms. The van der Waals surface area contributed by atoms with E-state index < -0.39 is 6.29 Å². The molecule has 1 rings (SSSR count). The van der Waals surface area contributed by atoms with Crippen LogP contribution in [0, 0.1) is 5.92 Å². The minimum atomic E-state index is -0.579. The largest absolute Gasteiger partial charge is 0.298 e. The van der Waals surface area contributed by atoms with E-state index in [2.05, 4.69) is 22.7 Å². The van der Waals surface area contributed by atoms with Crippen LogP contribution < -0.4 is 16.9 Å². The van der Waals surface area contributed by atoms with Gasteiger partial charge in [0.2, 0.25) is 0 Å². The van der Waals surface area contributed by atoms with Crippen LogP contribution in [0.3, 0.4) is 0 Å². The second kappa shape index (κ2) is 4.69. The topological polar surface area (TPSA) is 76.4 Å². The van der Waals surface area contributed by atoms with Crippen LogP contribution in [0.4, 0.5) is 0 Å². The van der Waals surface area contributed by atoms with Gasteiger partial charge in [0, 0.05) is 12.1 Å². The Morgan fingerprint density at radius 3 is 2.92 bits per heavy atom. The highest BCUT2D eigenvalue weighted by molar-refractivity contribution is 5.63. The molecule has 5 N–H and O–H groups in total. The second-order valence-corrected chi connectivity index (χ2v) is 2.65. The predicted octanol–water partition coefficient (Wildman–Crippen LogP) is -0.105. The first kappa shape index (κ1) is 8.96. The van der Waals surface area contributed by atoms with Gasteiger partial charge >= 0.3 is 0 Å². The van der Waals surface area contributed by atoms with E-state index in [1.807, 2.05) is 12.2 Å². The average molecular weight is 166 g/mol.